The maximum Gasteiger partial charge on any atom is 0.223 e. The second kappa shape index (κ2) is 8.45. The van der Waals surface area contributed by atoms with Crippen molar-refractivity contribution in [2.75, 3.05) is 6.61 Å². The minimum absolute atomic E-state index is 0.168. The number of aromatic hydroxyl groups is 1. The minimum Gasteiger partial charge on any atom is -0.508 e. The number of rotatable bonds is 7. The van der Waals surface area contributed by atoms with Crippen molar-refractivity contribution in [3.05, 3.63) is 65.5 Å². The first-order chi connectivity index (χ1) is 11.5. The van der Waals surface area contributed by atoms with E-state index in [2.05, 4.69) is 5.32 Å². The van der Waals surface area contributed by atoms with Gasteiger partial charge in [-0.05, 0) is 42.2 Å². The van der Waals surface area contributed by atoms with E-state index in [0.717, 1.165) is 5.56 Å². The Balaban J connectivity index is 1.93. The maximum absolute atomic E-state index is 13.7. The van der Waals surface area contributed by atoms with Crippen molar-refractivity contribution in [3.8, 4) is 5.75 Å². The first kappa shape index (κ1) is 17.9. The van der Waals surface area contributed by atoms with E-state index in [1.165, 1.54) is 6.07 Å². The molecule has 0 saturated carbocycles. The summed E-state index contributed by atoms with van der Waals surface area (Å²) in [5, 5.41) is 21.6. The average Bonchev–Trinajstić information content (AvgIpc) is 2.58. The molecule has 0 bridgehead atoms. The standard InChI is InChI=1S/C19H22FNO3/c1-13(10-15-4-2-3-5-18(15)20)19(24)21-16(12-22)11-14-6-8-17(23)9-7-14/h2-9,13,16,22-23H,10-12H2,1H3,(H,21,24)/t13?,16-/m0/s1. The second-order valence-electron chi connectivity index (χ2n) is 5.96. The molecule has 3 N–H and O–H groups in total. The van der Waals surface area contributed by atoms with Gasteiger partial charge in [0.2, 0.25) is 5.91 Å². The van der Waals surface area contributed by atoms with Gasteiger partial charge in [0.25, 0.3) is 0 Å². The van der Waals surface area contributed by atoms with Crippen LogP contribution in [0.4, 0.5) is 4.39 Å². The van der Waals surface area contributed by atoms with Crippen LogP contribution in [0.1, 0.15) is 18.1 Å². The molecule has 2 atom stereocenters. The molecule has 0 fully saturated rings. The molecule has 2 rings (SSSR count). The Labute approximate surface area is 141 Å². The van der Waals surface area contributed by atoms with Gasteiger partial charge in [0.05, 0.1) is 12.6 Å². The molecule has 2 aromatic rings. The SMILES string of the molecule is CC(Cc1ccccc1F)C(=O)N[C@H](CO)Cc1ccc(O)cc1. The Morgan fingerprint density at radius 3 is 2.42 bits per heavy atom. The molecule has 1 unspecified atom stereocenters. The number of halogens is 1. The quantitative estimate of drug-likeness (QED) is 0.730. The molecular weight excluding hydrogens is 309 g/mol. The average molecular weight is 331 g/mol. The first-order valence-electron chi connectivity index (χ1n) is 7.92. The third kappa shape index (κ3) is 5.06. The first-order valence-corrected chi connectivity index (χ1v) is 7.92. The van der Waals surface area contributed by atoms with E-state index >= 15 is 0 Å². The monoisotopic (exact) mass is 331 g/mol. The zero-order valence-corrected chi connectivity index (χ0v) is 13.6. The summed E-state index contributed by atoms with van der Waals surface area (Å²) in [5.74, 6) is -0.784. The van der Waals surface area contributed by atoms with Crippen LogP contribution >= 0.6 is 0 Å². The number of hydrogen-bond donors (Lipinski definition) is 3. The van der Waals surface area contributed by atoms with Crippen LogP contribution in [0.15, 0.2) is 48.5 Å². The highest BCUT2D eigenvalue weighted by Crippen LogP contribution is 2.14. The number of aliphatic hydroxyl groups excluding tert-OH is 1. The Bertz CT molecular complexity index is 673. The Morgan fingerprint density at radius 1 is 1.12 bits per heavy atom. The summed E-state index contributed by atoms with van der Waals surface area (Å²) in [7, 11) is 0. The number of carbonyl (C=O) groups excluding carboxylic acids is 1. The molecular formula is C19H22FNO3. The molecule has 128 valence electrons. The van der Waals surface area contributed by atoms with Crippen LogP contribution < -0.4 is 5.32 Å². The number of nitrogens with one attached hydrogen (secondary N) is 1. The Morgan fingerprint density at radius 2 is 1.79 bits per heavy atom. The number of phenols is 1. The molecule has 0 aromatic heterocycles. The summed E-state index contributed by atoms with van der Waals surface area (Å²) in [6.45, 7) is 1.54. The van der Waals surface area contributed by atoms with E-state index in [9.17, 15) is 19.4 Å². The van der Waals surface area contributed by atoms with Gasteiger partial charge in [-0.3, -0.25) is 4.79 Å². The van der Waals surface area contributed by atoms with Crippen LogP contribution in [0.5, 0.6) is 5.75 Å². The summed E-state index contributed by atoms with van der Waals surface area (Å²) in [6, 6.07) is 12.6. The van der Waals surface area contributed by atoms with Crippen LogP contribution in [-0.4, -0.2) is 28.8 Å². The molecule has 0 aliphatic rings. The molecule has 24 heavy (non-hydrogen) atoms. The molecule has 0 spiro atoms. The zero-order chi connectivity index (χ0) is 17.5. The van der Waals surface area contributed by atoms with Crippen LogP contribution in [-0.2, 0) is 17.6 Å². The van der Waals surface area contributed by atoms with E-state index < -0.39 is 12.0 Å². The fourth-order valence-corrected chi connectivity index (χ4v) is 2.51. The summed E-state index contributed by atoms with van der Waals surface area (Å²) in [5.41, 5.74) is 1.40. The lowest BCUT2D eigenvalue weighted by Gasteiger charge is -2.19. The van der Waals surface area contributed by atoms with E-state index in [-0.39, 0.29) is 24.1 Å². The maximum atomic E-state index is 13.7. The van der Waals surface area contributed by atoms with Crippen molar-refractivity contribution in [2.24, 2.45) is 5.92 Å². The fourth-order valence-electron chi connectivity index (χ4n) is 2.51. The second-order valence-corrected chi connectivity index (χ2v) is 5.96. The van der Waals surface area contributed by atoms with Gasteiger partial charge in [0.15, 0.2) is 0 Å². The van der Waals surface area contributed by atoms with E-state index in [4.69, 9.17) is 0 Å². The minimum atomic E-state index is -0.426. The van der Waals surface area contributed by atoms with Gasteiger partial charge in [0, 0.05) is 5.92 Å². The van der Waals surface area contributed by atoms with Crippen LogP contribution in [0.25, 0.3) is 0 Å². The fraction of sp³-hybridized carbons (Fsp3) is 0.316. The van der Waals surface area contributed by atoms with Gasteiger partial charge < -0.3 is 15.5 Å². The number of benzene rings is 2. The van der Waals surface area contributed by atoms with Crippen molar-refractivity contribution < 1.29 is 19.4 Å². The summed E-state index contributed by atoms with van der Waals surface area (Å²) >= 11 is 0. The van der Waals surface area contributed by atoms with E-state index in [1.807, 2.05) is 0 Å². The Kier molecular flexibility index (Phi) is 6.32. The smallest absolute Gasteiger partial charge is 0.223 e. The van der Waals surface area contributed by atoms with Gasteiger partial charge in [0.1, 0.15) is 11.6 Å². The number of hydrogen-bond acceptors (Lipinski definition) is 3. The van der Waals surface area contributed by atoms with E-state index in [0.29, 0.717) is 18.4 Å². The number of amides is 1. The number of aliphatic hydroxyl groups is 1. The normalized spacial score (nSPS) is 13.3. The highest BCUT2D eigenvalue weighted by atomic mass is 19.1. The number of carbonyl (C=O) groups is 1. The van der Waals surface area contributed by atoms with Crippen molar-refractivity contribution in [1.82, 2.24) is 5.32 Å². The van der Waals surface area contributed by atoms with Crippen molar-refractivity contribution >= 4 is 5.91 Å². The molecule has 4 nitrogen and oxygen atoms in total. The molecule has 0 saturated heterocycles. The van der Waals surface area contributed by atoms with Crippen LogP contribution in [0.2, 0.25) is 0 Å². The third-order valence-corrected chi connectivity index (χ3v) is 3.92. The topological polar surface area (TPSA) is 69.6 Å². The zero-order valence-electron chi connectivity index (χ0n) is 13.6. The largest absolute Gasteiger partial charge is 0.508 e. The lowest BCUT2D eigenvalue weighted by Crippen LogP contribution is -2.42. The lowest BCUT2D eigenvalue weighted by molar-refractivity contribution is -0.125. The molecule has 0 heterocycles. The molecule has 1 amide bonds. The predicted octanol–water partition coefficient (Wildman–Crippen LogP) is 2.43. The van der Waals surface area contributed by atoms with Crippen molar-refractivity contribution in [2.45, 2.75) is 25.8 Å². The molecule has 2 aromatic carbocycles. The highest BCUT2D eigenvalue weighted by molar-refractivity contribution is 5.79. The summed E-state index contributed by atoms with van der Waals surface area (Å²) in [4.78, 5) is 12.3. The van der Waals surface area contributed by atoms with Gasteiger partial charge in [-0.2, -0.15) is 0 Å². The molecule has 0 radical (unpaired) electrons. The van der Waals surface area contributed by atoms with Crippen LogP contribution in [0.3, 0.4) is 0 Å². The van der Waals surface area contributed by atoms with Gasteiger partial charge in [-0.25, -0.2) is 4.39 Å². The van der Waals surface area contributed by atoms with Gasteiger partial charge >= 0.3 is 0 Å². The molecule has 5 heteroatoms. The number of phenolic OH excluding ortho intramolecular Hbond substituents is 1. The summed E-state index contributed by atoms with van der Waals surface area (Å²) < 4.78 is 13.7. The third-order valence-electron chi connectivity index (χ3n) is 3.92. The highest BCUT2D eigenvalue weighted by Gasteiger charge is 2.19. The van der Waals surface area contributed by atoms with Crippen molar-refractivity contribution in [1.29, 1.82) is 0 Å². The summed E-state index contributed by atoms with van der Waals surface area (Å²) in [6.07, 6.45) is 0.755. The molecule has 0 aliphatic carbocycles. The van der Waals surface area contributed by atoms with Gasteiger partial charge in [-0.15, -0.1) is 0 Å². The predicted molar refractivity (Wildman–Crippen MR) is 90.1 cm³/mol. The van der Waals surface area contributed by atoms with Crippen LogP contribution in [0, 0.1) is 11.7 Å². The van der Waals surface area contributed by atoms with Gasteiger partial charge in [-0.1, -0.05) is 37.3 Å². The Hall–Kier alpha value is -2.40. The van der Waals surface area contributed by atoms with E-state index in [1.54, 1.807) is 49.4 Å². The lowest BCUT2D eigenvalue weighted by atomic mass is 9.99. The van der Waals surface area contributed by atoms with Crippen molar-refractivity contribution in [3.63, 3.8) is 0 Å². The molecule has 0 aliphatic heterocycles.